The van der Waals surface area contributed by atoms with Crippen LogP contribution >= 0.6 is 11.6 Å². The molecular weight excluding hydrogens is 730 g/mol. The normalized spacial score (nSPS) is 23.8. The molecule has 4 fully saturated rings. The van der Waals surface area contributed by atoms with E-state index >= 15 is 0 Å². The lowest BCUT2D eigenvalue weighted by Gasteiger charge is -2.43. The first-order valence-electron chi connectivity index (χ1n) is 19.8. The zero-order valence-electron chi connectivity index (χ0n) is 31.4. The molecule has 12 nitrogen and oxygen atoms in total. The highest BCUT2D eigenvalue weighted by molar-refractivity contribution is 6.32. The summed E-state index contributed by atoms with van der Waals surface area (Å²) in [7, 11) is 0. The lowest BCUT2D eigenvalue weighted by molar-refractivity contribution is -0.136. The van der Waals surface area contributed by atoms with Gasteiger partial charge in [-0.2, -0.15) is 5.26 Å². The smallest absolute Gasteiger partial charge is 0.262 e. The number of rotatable bonds is 5. The summed E-state index contributed by atoms with van der Waals surface area (Å²) in [5.41, 5.74) is 6.25. The summed E-state index contributed by atoms with van der Waals surface area (Å²) in [5, 5.41) is 12.0. The molecule has 6 aliphatic rings. The van der Waals surface area contributed by atoms with Crippen LogP contribution in [0.1, 0.15) is 99.6 Å². The first-order chi connectivity index (χ1) is 27.0. The quantitative estimate of drug-likeness (QED) is 0.351. The average Bonchev–Trinajstić information content (AvgIpc) is 3.85. The minimum atomic E-state index is -0.964. The van der Waals surface area contributed by atoms with Crippen LogP contribution in [-0.4, -0.2) is 95.1 Å². The van der Waals surface area contributed by atoms with E-state index in [4.69, 9.17) is 11.6 Å². The van der Waals surface area contributed by atoms with E-state index in [-0.39, 0.29) is 30.1 Å². The molecule has 3 aromatic carbocycles. The number of hydrogen-bond donors (Lipinski definition) is 1. The Morgan fingerprint density at radius 2 is 1.45 bits per heavy atom. The number of benzene rings is 3. The summed E-state index contributed by atoms with van der Waals surface area (Å²) < 4.78 is 0. The maximum atomic E-state index is 13.6. The largest absolute Gasteiger partial charge is 0.371 e. The molecule has 6 heterocycles. The summed E-state index contributed by atoms with van der Waals surface area (Å²) in [6, 6.07) is 19.2. The lowest BCUT2D eigenvalue weighted by Crippen LogP contribution is -2.54. The number of nitriles is 1. The zero-order chi connectivity index (χ0) is 38.9. The van der Waals surface area contributed by atoms with E-state index in [9.17, 15) is 29.2 Å². The first-order valence-corrected chi connectivity index (χ1v) is 20.1. The van der Waals surface area contributed by atoms with Gasteiger partial charge in [0.25, 0.3) is 17.7 Å². The van der Waals surface area contributed by atoms with Gasteiger partial charge >= 0.3 is 0 Å². The molecule has 3 aromatic rings. The van der Waals surface area contributed by atoms with Crippen molar-refractivity contribution in [2.45, 2.75) is 83.1 Å². The fourth-order valence-electron chi connectivity index (χ4n) is 10.2. The molecule has 2 atom stereocenters. The molecule has 13 heteroatoms. The van der Waals surface area contributed by atoms with Gasteiger partial charge in [-0.15, -0.1) is 0 Å². The molecule has 9 rings (SSSR count). The van der Waals surface area contributed by atoms with E-state index in [1.54, 1.807) is 6.07 Å². The van der Waals surface area contributed by atoms with Crippen molar-refractivity contribution in [2.75, 3.05) is 42.5 Å². The monoisotopic (exact) mass is 773 g/mol. The number of imide groups is 2. The molecule has 0 aliphatic carbocycles. The van der Waals surface area contributed by atoms with Gasteiger partial charge in [-0.3, -0.25) is 39.1 Å². The molecule has 0 saturated carbocycles. The van der Waals surface area contributed by atoms with Gasteiger partial charge < -0.3 is 14.7 Å². The molecule has 0 radical (unpaired) electrons. The van der Waals surface area contributed by atoms with Crippen molar-refractivity contribution in [1.29, 1.82) is 5.26 Å². The molecule has 6 aliphatic heterocycles. The third-order valence-corrected chi connectivity index (χ3v) is 13.9. The average molecular weight is 774 g/mol. The van der Waals surface area contributed by atoms with Crippen molar-refractivity contribution in [1.82, 2.24) is 20.0 Å². The van der Waals surface area contributed by atoms with Crippen molar-refractivity contribution in [2.24, 2.45) is 5.41 Å². The number of carbonyl (C=O) groups is 5. The summed E-state index contributed by atoms with van der Waals surface area (Å²) in [5.74, 6) is -1.84. The number of carbonyl (C=O) groups excluding carboxylic acids is 5. The Labute approximate surface area is 330 Å². The summed E-state index contributed by atoms with van der Waals surface area (Å²) >= 11 is 6.36. The highest BCUT2D eigenvalue weighted by Crippen LogP contribution is 2.47. The second-order valence-corrected chi connectivity index (χ2v) is 16.7. The van der Waals surface area contributed by atoms with Gasteiger partial charge in [0.15, 0.2) is 0 Å². The maximum Gasteiger partial charge on any atom is 0.262 e. The van der Waals surface area contributed by atoms with Gasteiger partial charge in [0.05, 0.1) is 21.7 Å². The number of nitrogens with one attached hydrogen (secondary N) is 1. The first kappa shape index (κ1) is 36.4. The second-order valence-electron chi connectivity index (χ2n) is 16.3. The Hall–Kier alpha value is -5.25. The van der Waals surface area contributed by atoms with Crippen molar-refractivity contribution in [3.8, 4) is 6.07 Å². The van der Waals surface area contributed by atoms with Crippen LogP contribution in [0.4, 0.5) is 11.4 Å². The number of anilines is 2. The third-order valence-electron chi connectivity index (χ3n) is 13.6. The Kier molecular flexibility index (Phi) is 9.13. The summed E-state index contributed by atoms with van der Waals surface area (Å²) in [6.45, 7) is 7.85. The van der Waals surface area contributed by atoms with Crippen LogP contribution in [0.5, 0.6) is 0 Å². The molecule has 1 spiro atoms. The molecule has 288 valence electrons. The highest BCUT2D eigenvalue weighted by Gasteiger charge is 2.48. The van der Waals surface area contributed by atoms with E-state index in [1.807, 2.05) is 41.3 Å². The standard InChI is InChI=1S/C43H44ClN7O5/c1-26-43(14-19-50(26)33-7-4-28(23-45)36(44)22-33)12-17-48(18-13-43)40(54)27-2-5-31(6-3-27)47-15-10-32(11-16-47)49-24-29-20-34-35(21-30(29)25-49)42(56)51(41(34)55)37-8-9-38(52)46-39(37)53/h2-7,20-22,26,32,37H,8-19,24-25H2,1H3,(H,46,52,53). The fraction of sp³-hybridized carbons (Fsp3) is 0.442. The molecule has 2 unspecified atom stereocenters. The van der Waals surface area contributed by atoms with Crippen molar-refractivity contribution in [3.05, 3.63) is 93.0 Å². The number of likely N-dealkylation sites (tertiary alicyclic amines) is 1. The zero-order valence-corrected chi connectivity index (χ0v) is 32.2. The van der Waals surface area contributed by atoms with E-state index in [2.05, 4.69) is 45.1 Å². The molecule has 0 aromatic heterocycles. The molecule has 0 bridgehead atoms. The maximum absolute atomic E-state index is 13.6. The predicted molar refractivity (Wildman–Crippen MR) is 209 cm³/mol. The number of fused-ring (bicyclic) bond motifs is 2. The van der Waals surface area contributed by atoms with Crippen LogP contribution in [0, 0.1) is 16.7 Å². The number of halogens is 1. The van der Waals surface area contributed by atoms with Crippen LogP contribution < -0.4 is 15.1 Å². The van der Waals surface area contributed by atoms with Crippen molar-refractivity contribution >= 4 is 52.5 Å². The molecule has 5 amide bonds. The Bertz CT molecular complexity index is 2160. The van der Waals surface area contributed by atoms with Crippen LogP contribution in [0.3, 0.4) is 0 Å². The minimum absolute atomic E-state index is 0.0816. The third kappa shape index (κ3) is 6.12. The SMILES string of the molecule is CC1N(c2ccc(C#N)c(Cl)c2)CCC12CCN(C(=O)c1ccc(N3CCC(N4Cc5cc6c(cc5C4)C(=O)N(C4CCC(=O)NC4=O)C6=O)CC3)cc1)CC2. The predicted octanol–water partition coefficient (Wildman–Crippen LogP) is 5.12. The number of piperidine rings is 3. The molecule has 4 saturated heterocycles. The van der Waals surface area contributed by atoms with Gasteiger partial charge in [0.1, 0.15) is 12.1 Å². The van der Waals surface area contributed by atoms with Gasteiger partial charge in [0.2, 0.25) is 11.8 Å². The highest BCUT2D eigenvalue weighted by atomic mass is 35.5. The van der Waals surface area contributed by atoms with Gasteiger partial charge in [-0.05, 0) is 117 Å². The molecule has 1 N–H and O–H groups in total. The molecule has 56 heavy (non-hydrogen) atoms. The summed E-state index contributed by atoms with van der Waals surface area (Å²) in [4.78, 5) is 74.7. The van der Waals surface area contributed by atoms with E-state index in [1.165, 1.54) is 0 Å². The van der Waals surface area contributed by atoms with Crippen molar-refractivity contribution in [3.63, 3.8) is 0 Å². The number of nitrogens with zero attached hydrogens (tertiary/aromatic N) is 6. The fourth-order valence-corrected chi connectivity index (χ4v) is 10.4. The Morgan fingerprint density at radius 1 is 0.821 bits per heavy atom. The van der Waals surface area contributed by atoms with Crippen LogP contribution in [-0.2, 0) is 22.7 Å². The Balaban J connectivity index is 0.769. The van der Waals surface area contributed by atoms with Crippen LogP contribution in [0.15, 0.2) is 54.6 Å². The van der Waals surface area contributed by atoms with Gasteiger partial charge in [-0.1, -0.05) is 11.6 Å². The van der Waals surface area contributed by atoms with Crippen LogP contribution in [0.2, 0.25) is 5.02 Å². The van der Waals surface area contributed by atoms with E-state index in [0.717, 1.165) is 92.2 Å². The van der Waals surface area contributed by atoms with Crippen LogP contribution in [0.25, 0.3) is 0 Å². The number of amides is 5. The Morgan fingerprint density at radius 3 is 2.05 bits per heavy atom. The van der Waals surface area contributed by atoms with Gasteiger partial charge in [-0.25, -0.2) is 0 Å². The van der Waals surface area contributed by atoms with Gasteiger partial charge in [0, 0.05) is 81.3 Å². The van der Waals surface area contributed by atoms with E-state index in [0.29, 0.717) is 52.4 Å². The number of hydrogen-bond acceptors (Lipinski definition) is 9. The summed E-state index contributed by atoms with van der Waals surface area (Å²) in [6.07, 6.45) is 5.16. The minimum Gasteiger partial charge on any atom is -0.371 e. The molecular formula is C43H44ClN7O5. The van der Waals surface area contributed by atoms with Crippen molar-refractivity contribution < 1.29 is 24.0 Å². The van der Waals surface area contributed by atoms with E-state index < -0.39 is 23.8 Å². The topological polar surface area (TPSA) is 137 Å². The second kappa shape index (κ2) is 14.0. The lowest BCUT2D eigenvalue weighted by atomic mass is 9.73.